The number of benzene rings is 2. The lowest BCUT2D eigenvalue weighted by atomic mass is 9.93. The van der Waals surface area contributed by atoms with Crippen LogP contribution in [-0.4, -0.2) is 0 Å². The Bertz CT molecular complexity index is 425. The average molecular weight is 209 g/mol. The number of hydrogen-bond donors (Lipinski definition) is 0. The van der Waals surface area contributed by atoms with E-state index in [4.69, 9.17) is 0 Å². The standard InChI is InChI=1S/C16H17/c1-13-8-10-16(11-9-13)14(2)12-15-6-4-3-5-7-15/h3-11H,12H2,1-2H3. The third-order valence-corrected chi connectivity index (χ3v) is 2.86. The molecule has 2 rings (SSSR count). The first-order valence-corrected chi connectivity index (χ1v) is 5.69. The van der Waals surface area contributed by atoms with Gasteiger partial charge >= 0.3 is 0 Å². The zero-order valence-electron chi connectivity index (χ0n) is 9.90. The van der Waals surface area contributed by atoms with Crippen molar-refractivity contribution in [1.82, 2.24) is 0 Å². The minimum Gasteiger partial charge on any atom is -0.0622 e. The van der Waals surface area contributed by atoms with Crippen molar-refractivity contribution in [3.05, 3.63) is 77.2 Å². The highest BCUT2D eigenvalue weighted by Crippen LogP contribution is 2.19. The van der Waals surface area contributed by atoms with E-state index in [1.54, 1.807) is 0 Å². The van der Waals surface area contributed by atoms with Gasteiger partial charge in [0.25, 0.3) is 0 Å². The number of rotatable bonds is 3. The van der Waals surface area contributed by atoms with Gasteiger partial charge in [-0.3, -0.25) is 0 Å². The van der Waals surface area contributed by atoms with Gasteiger partial charge < -0.3 is 0 Å². The summed E-state index contributed by atoms with van der Waals surface area (Å²) in [6, 6.07) is 19.4. The Kier molecular flexibility index (Phi) is 3.40. The van der Waals surface area contributed by atoms with E-state index in [9.17, 15) is 0 Å². The minimum atomic E-state index is 1.03. The van der Waals surface area contributed by atoms with Gasteiger partial charge in [-0.25, -0.2) is 0 Å². The van der Waals surface area contributed by atoms with Crippen LogP contribution in [0.1, 0.15) is 23.6 Å². The molecule has 2 aromatic rings. The Morgan fingerprint density at radius 2 is 1.50 bits per heavy atom. The molecule has 0 heteroatoms. The van der Waals surface area contributed by atoms with Crippen molar-refractivity contribution in [2.24, 2.45) is 0 Å². The predicted molar refractivity (Wildman–Crippen MR) is 69.3 cm³/mol. The first-order valence-electron chi connectivity index (χ1n) is 5.69. The van der Waals surface area contributed by atoms with Crippen LogP contribution < -0.4 is 0 Å². The summed E-state index contributed by atoms with van der Waals surface area (Å²) in [7, 11) is 0. The third-order valence-electron chi connectivity index (χ3n) is 2.86. The SMILES string of the molecule is C[C](Cc1ccccc1)c1ccc(C)cc1. The number of hydrogen-bond acceptors (Lipinski definition) is 0. The maximum Gasteiger partial charge on any atom is 0.00624 e. The lowest BCUT2D eigenvalue weighted by molar-refractivity contribution is 0.992. The first kappa shape index (κ1) is 10.9. The molecule has 16 heavy (non-hydrogen) atoms. The van der Waals surface area contributed by atoms with Crippen LogP contribution in [0.15, 0.2) is 54.6 Å². The largest absolute Gasteiger partial charge is 0.0622 e. The Hall–Kier alpha value is -1.56. The van der Waals surface area contributed by atoms with Gasteiger partial charge in [0, 0.05) is 5.92 Å². The smallest absolute Gasteiger partial charge is 0.00624 e. The van der Waals surface area contributed by atoms with Gasteiger partial charge in [0.15, 0.2) is 0 Å². The third kappa shape index (κ3) is 2.73. The van der Waals surface area contributed by atoms with E-state index in [-0.39, 0.29) is 0 Å². The van der Waals surface area contributed by atoms with Crippen LogP contribution >= 0.6 is 0 Å². The summed E-state index contributed by atoms with van der Waals surface area (Å²) in [5, 5.41) is 0. The van der Waals surface area contributed by atoms with Crippen molar-refractivity contribution in [2.45, 2.75) is 20.3 Å². The zero-order chi connectivity index (χ0) is 11.4. The molecule has 0 aliphatic rings. The highest BCUT2D eigenvalue weighted by molar-refractivity contribution is 5.34. The summed E-state index contributed by atoms with van der Waals surface area (Å²) in [4.78, 5) is 0. The van der Waals surface area contributed by atoms with Crippen LogP contribution in [-0.2, 0) is 6.42 Å². The molecule has 0 unspecified atom stereocenters. The molecule has 81 valence electrons. The van der Waals surface area contributed by atoms with Crippen LogP contribution in [0.2, 0.25) is 0 Å². The van der Waals surface area contributed by atoms with Crippen LogP contribution in [0.3, 0.4) is 0 Å². The zero-order valence-corrected chi connectivity index (χ0v) is 9.90. The lowest BCUT2D eigenvalue weighted by Gasteiger charge is -2.11. The van der Waals surface area contributed by atoms with Gasteiger partial charge in [0.1, 0.15) is 0 Å². The van der Waals surface area contributed by atoms with Crippen molar-refractivity contribution in [3.63, 3.8) is 0 Å². The molecule has 0 bridgehead atoms. The first-order chi connectivity index (χ1) is 7.75. The van der Waals surface area contributed by atoms with Gasteiger partial charge in [-0.15, -0.1) is 0 Å². The molecule has 0 fully saturated rings. The summed E-state index contributed by atoms with van der Waals surface area (Å²) in [5.74, 6) is 1.42. The molecule has 0 saturated carbocycles. The summed E-state index contributed by atoms with van der Waals surface area (Å²) in [5.41, 5.74) is 4.03. The second kappa shape index (κ2) is 4.98. The fraction of sp³-hybridized carbons (Fsp3) is 0.188. The van der Waals surface area contributed by atoms with Crippen molar-refractivity contribution in [3.8, 4) is 0 Å². The normalized spacial score (nSPS) is 10.7. The molecule has 0 nitrogen and oxygen atoms in total. The maximum absolute atomic E-state index is 2.21. The Balaban J connectivity index is 2.09. The molecule has 1 radical (unpaired) electrons. The van der Waals surface area contributed by atoms with E-state index >= 15 is 0 Å². The molecule has 0 N–H and O–H groups in total. The molecule has 2 aromatic carbocycles. The van der Waals surface area contributed by atoms with E-state index in [0.29, 0.717) is 0 Å². The molecule has 0 atom stereocenters. The second-order valence-electron chi connectivity index (χ2n) is 4.31. The van der Waals surface area contributed by atoms with E-state index in [0.717, 1.165) is 6.42 Å². The van der Waals surface area contributed by atoms with Crippen molar-refractivity contribution in [1.29, 1.82) is 0 Å². The lowest BCUT2D eigenvalue weighted by Crippen LogP contribution is -1.99. The Morgan fingerprint density at radius 1 is 0.875 bits per heavy atom. The van der Waals surface area contributed by atoms with E-state index in [1.807, 2.05) is 0 Å². The molecule has 0 spiro atoms. The van der Waals surface area contributed by atoms with Crippen LogP contribution in [0.25, 0.3) is 0 Å². The second-order valence-corrected chi connectivity index (χ2v) is 4.31. The van der Waals surface area contributed by atoms with E-state index < -0.39 is 0 Å². The summed E-state index contributed by atoms with van der Waals surface area (Å²) >= 11 is 0. The van der Waals surface area contributed by atoms with Crippen LogP contribution in [0, 0.1) is 12.8 Å². The van der Waals surface area contributed by atoms with Gasteiger partial charge in [-0.05, 0) is 24.5 Å². The summed E-state index contributed by atoms with van der Waals surface area (Å²) < 4.78 is 0. The Morgan fingerprint density at radius 3 is 2.12 bits per heavy atom. The molecule has 0 amide bonds. The van der Waals surface area contributed by atoms with Crippen molar-refractivity contribution < 1.29 is 0 Å². The monoisotopic (exact) mass is 209 g/mol. The molecule has 0 heterocycles. The summed E-state index contributed by atoms with van der Waals surface area (Å²) in [6.07, 6.45) is 1.03. The fourth-order valence-corrected chi connectivity index (χ4v) is 1.84. The van der Waals surface area contributed by atoms with E-state index in [1.165, 1.54) is 22.6 Å². The van der Waals surface area contributed by atoms with Gasteiger partial charge in [-0.1, -0.05) is 67.1 Å². The highest BCUT2D eigenvalue weighted by Gasteiger charge is 2.06. The molecule has 0 aliphatic carbocycles. The van der Waals surface area contributed by atoms with Gasteiger partial charge in [-0.2, -0.15) is 0 Å². The maximum atomic E-state index is 2.21. The number of aryl methyl sites for hydroxylation is 1. The molecule has 0 aliphatic heterocycles. The fourth-order valence-electron chi connectivity index (χ4n) is 1.84. The van der Waals surface area contributed by atoms with Crippen LogP contribution in [0.5, 0.6) is 0 Å². The van der Waals surface area contributed by atoms with E-state index in [2.05, 4.69) is 68.4 Å². The molecular formula is C16H17. The predicted octanol–water partition coefficient (Wildman–Crippen LogP) is 4.18. The van der Waals surface area contributed by atoms with Crippen molar-refractivity contribution >= 4 is 0 Å². The van der Waals surface area contributed by atoms with Crippen LogP contribution in [0.4, 0.5) is 0 Å². The van der Waals surface area contributed by atoms with Gasteiger partial charge in [0.05, 0.1) is 0 Å². The topological polar surface area (TPSA) is 0 Å². The highest BCUT2D eigenvalue weighted by atomic mass is 14.1. The quantitative estimate of drug-likeness (QED) is 0.711. The van der Waals surface area contributed by atoms with Gasteiger partial charge in [0.2, 0.25) is 0 Å². The molecule has 0 aromatic heterocycles. The summed E-state index contributed by atoms with van der Waals surface area (Å²) in [6.45, 7) is 4.33. The molecule has 0 saturated heterocycles. The average Bonchev–Trinajstić information content (AvgIpc) is 2.31. The molecular weight excluding hydrogens is 192 g/mol. The van der Waals surface area contributed by atoms with Crippen molar-refractivity contribution in [2.75, 3.05) is 0 Å². The Labute approximate surface area is 97.9 Å². The minimum absolute atomic E-state index is 1.03.